The molecule has 1 atom stereocenters. The minimum absolute atomic E-state index is 0.590. The van der Waals surface area contributed by atoms with Gasteiger partial charge >= 0.3 is 0 Å². The van der Waals surface area contributed by atoms with Crippen molar-refractivity contribution >= 4 is 11.2 Å². The van der Waals surface area contributed by atoms with Crippen LogP contribution in [0.15, 0.2) is 52.3 Å². The molecule has 4 rings (SSSR count). The summed E-state index contributed by atoms with van der Waals surface area (Å²) in [6.45, 7) is 0. The number of rotatable bonds is 1. The van der Waals surface area contributed by atoms with Gasteiger partial charge in [-0.15, -0.1) is 5.10 Å². The third-order valence-corrected chi connectivity index (χ3v) is 5.30. The first-order chi connectivity index (χ1) is 10.3. The molecule has 0 saturated carbocycles. The minimum Gasteiger partial charge on any atom is -0.606 e. The van der Waals surface area contributed by atoms with Crippen molar-refractivity contribution in [2.24, 2.45) is 0 Å². The van der Waals surface area contributed by atoms with Crippen LogP contribution in [0, 0.1) is 0 Å². The Bertz CT molecular complexity index is 788. The maximum Gasteiger partial charge on any atom is 0.179 e. The van der Waals surface area contributed by atoms with Crippen molar-refractivity contribution in [3.63, 3.8) is 0 Å². The molecule has 1 aromatic heterocycles. The average Bonchev–Trinajstić information content (AvgIpc) is 3.02. The van der Waals surface area contributed by atoms with E-state index in [0.717, 1.165) is 39.3 Å². The number of benzene rings is 2. The van der Waals surface area contributed by atoms with Crippen molar-refractivity contribution in [3.8, 4) is 11.4 Å². The lowest BCUT2D eigenvalue weighted by Gasteiger charge is -2.12. The number of aromatic amines is 1. The lowest BCUT2D eigenvalue weighted by atomic mass is 10.0. The van der Waals surface area contributed by atoms with E-state index in [4.69, 9.17) is 0 Å². The molecule has 6 heteroatoms. The lowest BCUT2D eigenvalue weighted by molar-refractivity contribution is 0.594. The zero-order valence-corrected chi connectivity index (χ0v) is 11.9. The summed E-state index contributed by atoms with van der Waals surface area (Å²) >= 11 is -1.16. The Labute approximate surface area is 124 Å². The van der Waals surface area contributed by atoms with Gasteiger partial charge in [0.05, 0.1) is 0 Å². The Hall–Kier alpha value is -2.18. The third kappa shape index (κ3) is 2.12. The van der Waals surface area contributed by atoms with E-state index >= 15 is 0 Å². The van der Waals surface area contributed by atoms with Gasteiger partial charge in [0.1, 0.15) is 0 Å². The smallest absolute Gasteiger partial charge is 0.179 e. The van der Waals surface area contributed by atoms with E-state index in [1.165, 1.54) is 0 Å². The molecular formula is C15H12N4OS. The molecule has 0 aliphatic carbocycles. The summed E-state index contributed by atoms with van der Waals surface area (Å²) in [6.07, 6.45) is 1.81. The SMILES string of the molecule is [O-][S+]1c2ccccc2CCc2ccc(-c3nnn[nH]3)cc21. The fourth-order valence-corrected chi connectivity index (χ4v) is 4.13. The van der Waals surface area contributed by atoms with Crippen LogP contribution in [-0.2, 0) is 24.0 Å². The average molecular weight is 296 g/mol. The number of fused-ring (bicyclic) bond motifs is 2. The van der Waals surface area contributed by atoms with Crippen molar-refractivity contribution < 1.29 is 4.55 Å². The topological polar surface area (TPSA) is 77.5 Å². The normalized spacial score (nSPS) is 16.9. The minimum atomic E-state index is -1.16. The number of aryl methyl sites for hydroxylation is 2. The van der Waals surface area contributed by atoms with Gasteiger partial charge in [-0.2, -0.15) is 0 Å². The first-order valence-corrected chi connectivity index (χ1v) is 7.84. The van der Waals surface area contributed by atoms with Gasteiger partial charge in [-0.25, -0.2) is 5.10 Å². The molecule has 5 nitrogen and oxygen atoms in total. The molecule has 1 aliphatic rings. The van der Waals surface area contributed by atoms with Crippen LogP contribution in [0.3, 0.4) is 0 Å². The van der Waals surface area contributed by atoms with Gasteiger partial charge in [-0.05, 0) is 29.3 Å². The summed E-state index contributed by atoms with van der Waals surface area (Å²) in [5, 5.41) is 13.8. The summed E-state index contributed by atoms with van der Waals surface area (Å²) in [4.78, 5) is 1.76. The van der Waals surface area contributed by atoms with E-state index in [9.17, 15) is 4.55 Å². The molecule has 1 aliphatic heterocycles. The first kappa shape index (κ1) is 12.6. The first-order valence-electron chi connectivity index (χ1n) is 6.69. The van der Waals surface area contributed by atoms with Crippen LogP contribution in [0.4, 0.5) is 0 Å². The molecule has 1 unspecified atom stereocenters. The number of tetrazole rings is 1. The Morgan fingerprint density at radius 3 is 2.62 bits per heavy atom. The zero-order valence-electron chi connectivity index (χ0n) is 11.1. The summed E-state index contributed by atoms with van der Waals surface area (Å²) in [5.41, 5.74) is 3.14. The standard InChI is InChI=1S/C15H12N4OS/c20-21-13-4-2-1-3-10(13)5-6-11-7-8-12(9-14(11)21)15-16-18-19-17-15/h1-4,7-9H,5-6H2,(H,16,17,18,19). The van der Waals surface area contributed by atoms with Crippen molar-refractivity contribution in [1.82, 2.24) is 20.6 Å². The van der Waals surface area contributed by atoms with Crippen LogP contribution in [-0.4, -0.2) is 25.2 Å². The monoisotopic (exact) mass is 296 g/mol. The number of aromatic nitrogens is 4. The van der Waals surface area contributed by atoms with Crippen molar-refractivity contribution in [3.05, 3.63) is 53.6 Å². The number of nitrogens with zero attached hydrogens (tertiary/aromatic N) is 3. The Morgan fingerprint density at radius 2 is 1.81 bits per heavy atom. The zero-order chi connectivity index (χ0) is 14.2. The maximum absolute atomic E-state index is 12.9. The van der Waals surface area contributed by atoms with Crippen LogP contribution in [0.25, 0.3) is 11.4 Å². The predicted octanol–water partition coefficient (Wildman–Crippen LogP) is 2.13. The number of nitrogens with one attached hydrogen (secondary N) is 1. The molecule has 0 bridgehead atoms. The van der Waals surface area contributed by atoms with Crippen LogP contribution in [0.5, 0.6) is 0 Å². The second-order valence-electron chi connectivity index (χ2n) is 4.95. The molecular weight excluding hydrogens is 284 g/mol. The molecule has 104 valence electrons. The van der Waals surface area contributed by atoms with Crippen LogP contribution < -0.4 is 0 Å². The molecule has 0 saturated heterocycles. The molecule has 0 fully saturated rings. The molecule has 0 radical (unpaired) electrons. The van der Waals surface area contributed by atoms with E-state index in [1.807, 2.05) is 36.4 Å². The van der Waals surface area contributed by atoms with E-state index < -0.39 is 11.2 Å². The number of hydrogen-bond donors (Lipinski definition) is 1. The van der Waals surface area contributed by atoms with E-state index in [-0.39, 0.29) is 0 Å². The molecule has 21 heavy (non-hydrogen) atoms. The number of H-pyrrole nitrogens is 1. The van der Waals surface area contributed by atoms with E-state index in [2.05, 4.69) is 26.7 Å². The fraction of sp³-hybridized carbons (Fsp3) is 0.133. The van der Waals surface area contributed by atoms with Crippen molar-refractivity contribution in [2.75, 3.05) is 0 Å². The van der Waals surface area contributed by atoms with Gasteiger partial charge < -0.3 is 4.55 Å². The summed E-state index contributed by atoms with van der Waals surface area (Å²) in [5.74, 6) is 0.590. The highest BCUT2D eigenvalue weighted by atomic mass is 32.2. The molecule has 0 spiro atoms. The van der Waals surface area contributed by atoms with Gasteiger partial charge in [-0.3, -0.25) is 0 Å². The van der Waals surface area contributed by atoms with Gasteiger partial charge in [0, 0.05) is 33.9 Å². The quantitative estimate of drug-likeness (QED) is 0.698. The molecule has 0 amide bonds. The second-order valence-corrected chi connectivity index (χ2v) is 6.37. The highest BCUT2D eigenvalue weighted by molar-refractivity contribution is 7.91. The largest absolute Gasteiger partial charge is 0.606 e. The van der Waals surface area contributed by atoms with Crippen molar-refractivity contribution in [2.45, 2.75) is 22.6 Å². The second kappa shape index (κ2) is 4.98. The van der Waals surface area contributed by atoms with Crippen LogP contribution in [0.2, 0.25) is 0 Å². The maximum atomic E-state index is 12.9. The summed E-state index contributed by atoms with van der Waals surface area (Å²) in [6, 6.07) is 13.9. The highest BCUT2D eigenvalue weighted by Gasteiger charge is 2.26. The molecule has 2 aromatic carbocycles. The van der Waals surface area contributed by atoms with Crippen LogP contribution in [0.1, 0.15) is 11.1 Å². The van der Waals surface area contributed by atoms with Crippen LogP contribution >= 0.6 is 0 Å². The lowest BCUT2D eigenvalue weighted by Crippen LogP contribution is -2.05. The highest BCUT2D eigenvalue weighted by Crippen LogP contribution is 2.33. The predicted molar refractivity (Wildman–Crippen MR) is 78.1 cm³/mol. The van der Waals surface area contributed by atoms with Gasteiger partial charge in [0.25, 0.3) is 0 Å². The Kier molecular flexibility index (Phi) is 2.98. The van der Waals surface area contributed by atoms with Gasteiger partial charge in [0.2, 0.25) is 0 Å². The van der Waals surface area contributed by atoms with E-state index in [1.54, 1.807) is 0 Å². The third-order valence-electron chi connectivity index (χ3n) is 3.72. The van der Waals surface area contributed by atoms with Gasteiger partial charge in [0.15, 0.2) is 15.6 Å². The fourth-order valence-electron chi connectivity index (χ4n) is 2.64. The summed E-state index contributed by atoms with van der Waals surface area (Å²) in [7, 11) is 0. The molecule has 3 aromatic rings. The molecule has 1 N–H and O–H groups in total. The molecule has 2 heterocycles. The Morgan fingerprint density at radius 1 is 1.00 bits per heavy atom. The Balaban J connectivity index is 1.85. The number of hydrogen-bond acceptors (Lipinski definition) is 4. The van der Waals surface area contributed by atoms with E-state index in [0.29, 0.717) is 5.82 Å². The summed E-state index contributed by atoms with van der Waals surface area (Å²) < 4.78 is 12.9. The van der Waals surface area contributed by atoms with Gasteiger partial charge in [-0.1, -0.05) is 30.3 Å². The van der Waals surface area contributed by atoms with Crippen molar-refractivity contribution in [1.29, 1.82) is 0 Å².